The van der Waals surface area contributed by atoms with Crippen LogP contribution in [0.4, 0.5) is 0 Å². The van der Waals surface area contributed by atoms with E-state index in [2.05, 4.69) is 9.97 Å². The molecule has 0 atom stereocenters. The van der Waals surface area contributed by atoms with Crippen LogP contribution in [0.5, 0.6) is 0 Å². The van der Waals surface area contributed by atoms with Crippen molar-refractivity contribution < 1.29 is 0 Å². The normalized spacial score (nSPS) is 15.3. The van der Waals surface area contributed by atoms with Crippen LogP contribution in [0, 0.1) is 0 Å². The van der Waals surface area contributed by atoms with Gasteiger partial charge < -0.3 is 4.98 Å². The minimum atomic E-state index is 1.21. The molecule has 2 aromatic heterocycles. The first-order valence-electron chi connectivity index (χ1n) is 4.38. The van der Waals surface area contributed by atoms with Crippen molar-refractivity contribution >= 4 is 10.9 Å². The number of pyridine rings is 1. The largest absolute Gasteiger partial charge is 0.358 e. The molecule has 0 saturated heterocycles. The highest BCUT2D eigenvalue weighted by Crippen LogP contribution is 2.28. The highest BCUT2D eigenvalue weighted by Gasteiger charge is 2.15. The number of aromatic amines is 1. The lowest BCUT2D eigenvalue weighted by molar-refractivity contribution is 0.898. The monoisotopic (exact) mass is 158 g/mol. The van der Waals surface area contributed by atoms with Crippen LogP contribution in [0.1, 0.15) is 17.7 Å². The van der Waals surface area contributed by atoms with Gasteiger partial charge in [0.1, 0.15) is 0 Å². The van der Waals surface area contributed by atoms with Crippen molar-refractivity contribution in [3.8, 4) is 0 Å². The van der Waals surface area contributed by atoms with Crippen molar-refractivity contribution in [2.24, 2.45) is 0 Å². The lowest BCUT2D eigenvalue weighted by atomic mass is 10.2. The third kappa shape index (κ3) is 0.670. The van der Waals surface area contributed by atoms with Crippen LogP contribution < -0.4 is 0 Å². The first kappa shape index (κ1) is 6.23. The molecule has 12 heavy (non-hydrogen) atoms. The second-order valence-electron chi connectivity index (χ2n) is 3.36. The van der Waals surface area contributed by atoms with Crippen LogP contribution in [0.25, 0.3) is 10.9 Å². The zero-order valence-corrected chi connectivity index (χ0v) is 6.80. The maximum Gasteiger partial charge on any atom is 0.0490 e. The van der Waals surface area contributed by atoms with Crippen molar-refractivity contribution in [2.45, 2.75) is 19.3 Å². The lowest BCUT2D eigenvalue weighted by Crippen LogP contribution is -1.76. The molecule has 3 rings (SSSR count). The van der Waals surface area contributed by atoms with E-state index in [0.717, 1.165) is 0 Å². The second-order valence-corrected chi connectivity index (χ2v) is 3.36. The van der Waals surface area contributed by atoms with E-state index >= 15 is 0 Å². The third-order valence-corrected chi connectivity index (χ3v) is 2.65. The smallest absolute Gasteiger partial charge is 0.0490 e. The summed E-state index contributed by atoms with van der Waals surface area (Å²) in [5, 5.41) is 1.32. The molecular formula is C10H10N2. The molecule has 2 aromatic rings. The molecule has 1 N–H and O–H groups in total. The van der Waals surface area contributed by atoms with Crippen molar-refractivity contribution in [2.75, 3.05) is 0 Å². The Morgan fingerprint density at radius 2 is 2.33 bits per heavy atom. The Hall–Kier alpha value is -1.31. The maximum absolute atomic E-state index is 4.14. The number of hydrogen-bond acceptors (Lipinski definition) is 1. The Morgan fingerprint density at radius 1 is 1.33 bits per heavy atom. The first-order chi connectivity index (χ1) is 5.95. The summed E-state index contributed by atoms with van der Waals surface area (Å²) >= 11 is 0. The fourth-order valence-corrected chi connectivity index (χ4v) is 2.09. The predicted molar refractivity (Wildman–Crippen MR) is 48.1 cm³/mol. The van der Waals surface area contributed by atoms with Crippen molar-refractivity contribution in [1.29, 1.82) is 0 Å². The highest BCUT2D eigenvalue weighted by atomic mass is 14.7. The molecule has 0 unspecified atom stereocenters. The van der Waals surface area contributed by atoms with Gasteiger partial charge in [-0.3, -0.25) is 4.98 Å². The summed E-state index contributed by atoms with van der Waals surface area (Å²) in [5.74, 6) is 0. The van der Waals surface area contributed by atoms with Crippen LogP contribution in [0.2, 0.25) is 0 Å². The van der Waals surface area contributed by atoms with E-state index in [-0.39, 0.29) is 0 Å². The molecule has 2 heteroatoms. The molecule has 0 amide bonds. The SMILES string of the molecule is c1cc2[nH]c3c(c2cn1)CCC3. The number of rotatable bonds is 0. The number of fused-ring (bicyclic) bond motifs is 3. The third-order valence-electron chi connectivity index (χ3n) is 2.65. The van der Waals surface area contributed by atoms with E-state index in [1.807, 2.05) is 18.5 Å². The quantitative estimate of drug-likeness (QED) is 0.624. The van der Waals surface area contributed by atoms with Gasteiger partial charge in [0.15, 0.2) is 0 Å². The minimum Gasteiger partial charge on any atom is -0.358 e. The van der Waals surface area contributed by atoms with Gasteiger partial charge in [-0.1, -0.05) is 0 Å². The predicted octanol–water partition coefficient (Wildman–Crippen LogP) is 2.05. The number of hydrogen-bond donors (Lipinski definition) is 1. The van der Waals surface area contributed by atoms with Gasteiger partial charge in [0.2, 0.25) is 0 Å². The first-order valence-corrected chi connectivity index (χ1v) is 4.38. The Morgan fingerprint density at radius 3 is 3.33 bits per heavy atom. The number of aryl methyl sites for hydroxylation is 2. The Bertz CT molecular complexity index is 428. The molecule has 0 aliphatic heterocycles. The average molecular weight is 158 g/mol. The molecule has 1 aliphatic carbocycles. The fraction of sp³-hybridized carbons (Fsp3) is 0.300. The zero-order valence-electron chi connectivity index (χ0n) is 6.80. The second kappa shape index (κ2) is 2.09. The van der Waals surface area contributed by atoms with Crippen LogP contribution >= 0.6 is 0 Å². The van der Waals surface area contributed by atoms with E-state index in [4.69, 9.17) is 0 Å². The topological polar surface area (TPSA) is 28.7 Å². The van der Waals surface area contributed by atoms with Crippen LogP contribution in [0.15, 0.2) is 18.5 Å². The van der Waals surface area contributed by atoms with Gasteiger partial charge in [0.05, 0.1) is 0 Å². The van der Waals surface area contributed by atoms with Gasteiger partial charge in [0.25, 0.3) is 0 Å². The molecule has 2 nitrogen and oxygen atoms in total. The number of nitrogens with one attached hydrogen (secondary N) is 1. The number of aromatic nitrogens is 2. The summed E-state index contributed by atoms with van der Waals surface area (Å²) < 4.78 is 0. The summed E-state index contributed by atoms with van der Waals surface area (Å²) in [7, 11) is 0. The van der Waals surface area contributed by atoms with Crippen LogP contribution in [0.3, 0.4) is 0 Å². The number of nitrogens with zero attached hydrogens (tertiary/aromatic N) is 1. The zero-order chi connectivity index (χ0) is 7.97. The molecule has 0 bridgehead atoms. The molecule has 0 fully saturated rings. The lowest BCUT2D eigenvalue weighted by Gasteiger charge is -1.90. The van der Waals surface area contributed by atoms with Crippen molar-refractivity contribution in [3.63, 3.8) is 0 Å². The van der Waals surface area contributed by atoms with Crippen molar-refractivity contribution in [3.05, 3.63) is 29.7 Å². The van der Waals surface area contributed by atoms with Gasteiger partial charge in [-0.2, -0.15) is 0 Å². The Balaban J connectivity index is 2.44. The molecule has 0 aromatic carbocycles. The van der Waals surface area contributed by atoms with Gasteiger partial charge in [0, 0.05) is 29.0 Å². The Labute approximate surface area is 70.6 Å². The highest BCUT2D eigenvalue weighted by molar-refractivity contribution is 5.84. The standard InChI is InChI=1S/C10H10N2/c1-2-7-8-6-11-5-4-10(8)12-9(7)3-1/h4-6,12H,1-3H2. The van der Waals surface area contributed by atoms with E-state index in [1.54, 1.807) is 0 Å². The maximum atomic E-state index is 4.14. The van der Waals surface area contributed by atoms with Crippen LogP contribution in [-0.2, 0) is 12.8 Å². The van der Waals surface area contributed by atoms with Gasteiger partial charge in [-0.15, -0.1) is 0 Å². The fourth-order valence-electron chi connectivity index (χ4n) is 2.09. The minimum absolute atomic E-state index is 1.21. The van der Waals surface area contributed by atoms with Crippen LogP contribution in [-0.4, -0.2) is 9.97 Å². The number of H-pyrrole nitrogens is 1. The Kier molecular flexibility index (Phi) is 1.09. The van der Waals surface area contributed by atoms with Gasteiger partial charge in [-0.05, 0) is 30.9 Å². The molecule has 0 spiro atoms. The summed E-state index contributed by atoms with van der Waals surface area (Å²) in [6, 6.07) is 2.05. The summed E-state index contributed by atoms with van der Waals surface area (Å²) in [4.78, 5) is 7.58. The molecule has 60 valence electrons. The molecular weight excluding hydrogens is 148 g/mol. The van der Waals surface area contributed by atoms with E-state index in [9.17, 15) is 0 Å². The molecule has 2 heterocycles. The van der Waals surface area contributed by atoms with E-state index < -0.39 is 0 Å². The molecule has 0 radical (unpaired) electrons. The summed E-state index contributed by atoms with van der Waals surface area (Å²) in [6.45, 7) is 0. The van der Waals surface area contributed by atoms with E-state index in [0.29, 0.717) is 0 Å². The average Bonchev–Trinajstić information content (AvgIpc) is 2.62. The van der Waals surface area contributed by atoms with Crippen molar-refractivity contribution in [1.82, 2.24) is 9.97 Å². The summed E-state index contributed by atoms with van der Waals surface area (Å²) in [6.07, 6.45) is 7.54. The van der Waals surface area contributed by atoms with Gasteiger partial charge in [-0.25, -0.2) is 0 Å². The molecule has 1 aliphatic rings. The molecule has 0 saturated carbocycles. The summed E-state index contributed by atoms with van der Waals surface area (Å²) in [5.41, 5.74) is 4.17. The van der Waals surface area contributed by atoms with Gasteiger partial charge >= 0.3 is 0 Å². The van der Waals surface area contributed by atoms with E-state index in [1.165, 1.54) is 41.4 Å².